The van der Waals surface area contributed by atoms with Gasteiger partial charge in [-0.1, -0.05) is 41.4 Å². The maximum Gasteiger partial charge on any atom is 0.258 e. The number of carbonyl (C=O) groups is 1. The van der Waals surface area contributed by atoms with Crippen molar-refractivity contribution in [1.82, 2.24) is 14.9 Å². The zero-order valence-electron chi connectivity index (χ0n) is 15.0. The van der Waals surface area contributed by atoms with Crippen LogP contribution >= 0.6 is 23.2 Å². The number of rotatable bonds is 5. The Kier molecular flexibility index (Phi) is 5.82. The quantitative estimate of drug-likeness (QED) is 0.693. The van der Waals surface area contributed by atoms with Crippen LogP contribution in [0.15, 0.2) is 47.3 Å². The molecule has 27 heavy (non-hydrogen) atoms. The highest BCUT2D eigenvalue weighted by Crippen LogP contribution is 2.22. The highest BCUT2D eigenvalue weighted by atomic mass is 35.5. The van der Waals surface area contributed by atoms with E-state index in [1.165, 1.54) is 0 Å². The Bertz CT molecular complexity index is 1050. The smallest absolute Gasteiger partial charge is 0.258 e. The molecule has 1 amide bonds. The summed E-state index contributed by atoms with van der Waals surface area (Å²) in [6.45, 7) is 4.04. The van der Waals surface area contributed by atoms with Gasteiger partial charge < -0.3 is 9.88 Å². The third-order valence-electron chi connectivity index (χ3n) is 4.28. The van der Waals surface area contributed by atoms with E-state index in [2.05, 4.69) is 9.97 Å². The van der Waals surface area contributed by atoms with Crippen molar-refractivity contribution in [3.63, 3.8) is 0 Å². The molecule has 0 spiro atoms. The summed E-state index contributed by atoms with van der Waals surface area (Å²) in [5.41, 5.74) is 1.09. The molecule has 0 radical (unpaired) electrons. The molecule has 2 aromatic carbocycles. The van der Waals surface area contributed by atoms with Gasteiger partial charge >= 0.3 is 0 Å². The summed E-state index contributed by atoms with van der Waals surface area (Å²) in [5.74, 6) is 0.341. The van der Waals surface area contributed by atoms with Crippen LogP contribution in [-0.2, 0) is 17.8 Å². The first kappa shape index (κ1) is 19.4. The van der Waals surface area contributed by atoms with Crippen LogP contribution in [0.3, 0.4) is 0 Å². The molecule has 5 nitrogen and oxygen atoms in total. The average Bonchev–Trinajstić information content (AvgIpc) is 2.62. The summed E-state index contributed by atoms with van der Waals surface area (Å²) in [4.78, 5) is 34.0. The van der Waals surface area contributed by atoms with Crippen molar-refractivity contribution < 1.29 is 4.79 Å². The molecule has 0 saturated heterocycles. The molecule has 0 saturated carbocycles. The maximum atomic E-state index is 12.9. The van der Waals surface area contributed by atoms with E-state index in [1.807, 2.05) is 19.9 Å². The fraction of sp³-hybridized carbons (Fsp3) is 0.250. The molecule has 3 rings (SSSR count). The number of para-hydroxylation sites is 1. The van der Waals surface area contributed by atoms with Crippen molar-refractivity contribution in [2.75, 3.05) is 0 Å². The SMILES string of the molecule is CC(C)N(Cc1nc2ccccc2c(=O)[nH]1)C(=O)Cc1ccc(Cl)cc1Cl. The second kappa shape index (κ2) is 8.11. The minimum Gasteiger partial charge on any atom is -0.333 e. The van der Waals surface area contributed by atoms with Gasteiger partial charge in [0, 0.05) is 16.1 Å². The first-order valence-electron chi connectivity index (χ1n) is 8.56. The third kappa shape index (κ3) is 4.49. The second-order valence-electron chi connectivity index (χ2n) is 6.56. The van der Waals surface area contributed by atoms with Crippen LogP contribution in [0.5, 0.6) is 0 Å². The number of fused-ring (bicyclic) bond motifs is 1. The van der Waals surface area contributed by atoms with E-state index < -0.39 is 0 Å². The van der Waals surface area contributed by atoms with Gasteiger partial charge in [-0.15, -0.1) is 0 Å². The number of halogens is 2. The van der Waals surface area contributed by atoms with Crippen LogP contribution in [0.25, 0.3) is 10.9 Å². The largest absolute Gasteiger partial charge is 0.333 e. The normalized spacial score (nSPS) is 11.1. The van der Waals surface area contributed by atoms with Crippen molar-refractivity contribution in [3.8, 4) is 0 Å². The van der Waals surface area contributed by atoms with Crippen LogP contribution in [0.4, 0.5) is 0 Å². The van der Waals surface area contributed by atoms with E-state index in [0.29, 0.717) is 32.3 Å². The third-order valence-corrected chi connectivity index (χ3v) is 4.87. The van der Waals surface area contributed by atoms with Crippen molar-refractivity contribution in [2.45, 2.75) is 32.9 Å². The number of carbonyl (C=O) groups excluding carboxylic acids is 1. The van der Waals surface area contributed by atoms with Crippen LogP contribution in [0.2, 0.25) is 10.0 Å². The number of H-pyrrole nitrogens is 1. The molecular formula is C20H19Cl2N3O2. The van der Waals surface area contributed by atoms with Crippen LogP contribution < -0.4 is 5.56 Å². The van der Waals surface area contributed by atoms with Gasteiger partial charge in [0.15, 0.2) is 0 Å². The zero-order chi connectivity index (χ0) is 19.6. The molecule has 0 unspecified atom stereocenters. The lowest BCUT2D eigenvalue weighted by molar-refractivity contribution is -0.132. The number of aromatic nitrogens is 2. The molecule has 0 bridgehead atoms. The van der Waals surface area contributed by atoms with Crippen LogP contribution in [-0.4, -0.2) is 26.8 Å². The fourth-order valence-corrected chi connectivity index (χ4v) is 3.33. The number of nitrogens with one attached hydrogen (secondary N) is 1. The Labute approximate surface area is 166 Å². The molecule has 1 heterocycles. The van der Waals surface area contributed by atoms with E-state index in [0.717, 1.165) is 0 Å². The molecule has 0 aliphatic rings. The van der Waals surface area contributed by atoms with E-state index in [-0.39, 0.29) is 30.5 Å². The molecule has 1 aromatic heterocycles. The summed E-state index contributed by atoms with van der Waals surface area (Å²) < 4.78 is 0. The molecule has 3 aromatic rings. The van der Waals surface area contributed by atoms with Gasteiger partial charge in [-0.2, -0.15) is 0 Å². The van der Waals surface area contributed by atoms with E-state index in [9.17, 15) is 9.59 Å². The molecule has 1 N–H and O–H groups in total. The van der Waals surface area contributed by atoms with Crippen LogP contribution in [0, 0.1) is 0 Å². The van der Waals surface area contributed by atoms with E-state index >= 15 is 0 Å². The number of hydrogen-bond donors (Lipinski definition) is 1. The number of aromatic amines is 1. The van der Waals surface area contributed by atoms with Crippen molar-refractivity contribution in [2.24, 2.45) is 0 Å². The summed E-state index contributed by atoms with van der Waals surface area (Å²) in [5, 5.41) is 1.50. The highest BCUT2D eigenvalue weighted by molar-refractivity contribution is 6.35. The second-order valence-corrected chi connectivity index (χ2v) is 7.40. The predicted octanol–water partition coefficient (Wildman–Crippen LogP) is 4.21. The van der Waals surface area contributed by atoms with Gasteiger partial charge in [-0.25, -0.2) is 4.98 Å². The fourth-order valence-electron chi connectivity index (χ4n) is 2.86. The first-order chi connectivity index (χ1) is 12.8. The zero-order valence-corrected chi connectivity index (χ0v) is 16.5. The lowest BCUT2D eigenvalue weighted by Crippen LogP contribution is -2.38. The average molecular weight is 404 g/mol. The Balaban J connectivity index is 1.85. The van der Waals surface area contributed by atoms with Crippen molar-refractivity contribution in [1.29, 1.82) is 0 Å². The summed E-state index contributed by atoms with van der Waals surface area (Å²) in [6.07, 6.45) is 0.145. The number of hydrogen-bond acceptors (Lipinski definition) is 3. The monoisotopic (exact) mass is 403 g/mol. The van der Waals surface area contributed by atoms with E-state index in [1.54, 1.807) is 41.3 Å². The van der Waals surface area contributed by atoms with Gasteiger partial charge in [-0.05, 0) is 43.7 Å². The molecule has 0 aliphatic carbocycles. The minimum absolute atomic E-state index is 0.0691. The summed E-state index contributed by atoms with van der Waals surface area (Å²) in [7, 11) is 0. The summed E-state index contributed by atoms with van der Waals surface area (Å²) in [6, 6.07) is 12.1. The number of nitrogens with zero attached hydrogens (tertiary/aromatic N) is 2. The van der Waals surface area contributed by atoms with Crippen LogP contribution in [0.1, 0.15) is 25.2 Å². The molecule has 7 heteroatoms. The predicted molar refractivity (Wildman–Crippen MR) is 108 cm³/mol. The molecule has 140 valence electrons. The molecule has 0 fully saturated rings. The number of amides is 1. The van der Waals surface area contributed by atoms with Crippen molar-refractivity contribution in [3.05, 3.63) is 74.3 Å². The van der Waals surface area contributed by atoms with Gasteiger partial charge in [0.25, 0.3) is 5.56 Å². The Morgan fingerprint density at radius 1 is 1.19 bits per heavy atom. The van der Waals surface area contributed by atoms with Gasteiger partial charge in [0.05, 0.1) is 23.9 Å². The standard InChI is InChI=1S/C20H19Cl2N3O2/c1-12(2)25(19(26)9-13-7-8-14(21)10-16(13)22)11-18-23-17-6-4-3-5-15(17)20(27)24-18/h3-8,10,12H,9,11H2,1-2H3,(H,23,24,27). The minimum atomic E-state index is -0.215. The van der Waals surface area contributed by atoms with Gasteiger partial charge in [-0.3, -0.25) is 9.59 Å². The molecular weight excluding hydrogens is 385 g/mol. The topological polar surface area (TPSA) is 66.1 Å². The Morgan fingerprint density at radius 2 is 1.93 bits per heavy atom. The summed E-state index contributed by atoms with van der Waals surface area (Å²) >= 11 is 12.1. The van der Waals surface area contributed by atoms with Gasteiger partial charge in [0.1, 0.15) is 5.82 Å². The first-order valence-corrected chi connectivity index (χ1v) is 9.32. The molecule has 0 aliphatic heterocycles. The van der Waals surface area contributed by atoms with Gasteiger partial charge in [0.2, 0.25) is 5.91 Å². The van der Waals surface area contributed by atoms with Crippen molar-refractivity contribution >= 4 is 40.0 Å². The van der Waals surface area contributed by atoms with E-state index in [4.69, 9.17) is 23.2 Å². The molecule has 0 atom stereocenters. The maximum absolute atomic E-state index is 12.9. The Morgan fingerprint density at radius 3 is 2.63 bits per heavy atom. The highest BCUT2D eigenvalue weighted by Gasteiger charge is 2.20. The lowest BCUT2D eigenvalue weighted by atomic mass is 10.1. The lowest BCUT2D eigenvalue weighted by Gasteiger charge is -2.26. The number of benzene rings is 2. The Hall–Kier alpha value is -2.37.